The molecule has 29 heavy (non-hydrogen) atoms. The van der Waals surface area contributed by atoms with Crippen molar-refractivity contribution in [3.63, 3.8) is 0 Å². The average molecular weight is 409 g/mol. The highest BCUT2D eigenvalue weighted by atomic mass is 19.4. The summed E-state index contributed by atoms with van der Waals surface area (Å²) in [7, 11) is 0. The van der Waals surface area contributed by atoms with Crippen molar-refractivity contribution < 1.29 is 22.4 Å². The first-order chi connectivity index (χ1) is 13.8. The molecule has 10 heteroatoms. The molecule has 3 aromatic rings. The Bertz CT molecular complexity index is 1030. The summed E-state index contributed by atoms with van der Waals surface area (Å²) in [6.45, 7) is 6.19. The number of aromatic nitrogens is 3. The van der Waals surface area contributed by atoms with Crippen LogP contribution in [0.5, 0.6) is 0 Å². The van der Waals surface area contributed by atoms with Crippen LogP contribution in [-0.2, 0) is 11.4 Å². The summed E-state index contributed by atoms with van der Waals surface area (Å²) >= 11 is 0. The topological polar surface area (TPSA) is 64.3 Å². The molecule has 1 aromatic carbocycles. The number of hydrogen-bond donors (Lipinski definition) is 1. The smallest absolute Gasteiger partial charge is 0.322 e. The van der Waals surface area contributed by atoms with Crippen molar-refractivity contribution in [2.24, 2.45) is 4.99 Å². The van der Waals surface area contributed by atoms with Crippen LogP contribution >= 0.6 is 0 Å². The quantitative estimate of drug-likeness (QED) is 0.661. The number of benzene rings is 1. The molecule has 0 aliphatic carbocycles. The molecule has 1 atom stereocenters. The number of nitrogens with one attached hydrogen (secondary N) is 1. The van der Waals surface area contributed by atoms with Gasteiger partial charge in [-0.2, -0.15) is 13.2 Å². The first-order valence-electron chi connectivity index (χ1n) is 8.95. The van der Waals surface area contributed by atoms with E-state index in [2.05, 4.69) is 25.3 Å². The molecule has 0 saturated heterocycles. The van der Waals surface area contributed by atoms with Crippen molar-refractivity contribution in [3.05, 3.63) is 59.4 Å². The van der Waals surface area contributed by atoms with Gasteiger partial charge in [0.15, 0.2) is 5.84 Å². The molecule has 1 unspecified atom stereocenters. The first-order valence-corrected chi connectivity index (χ1v) is 8.95. The molecular weight excluding hydrogens is 390 g/mol. The fourth-order valence-electron chi connectivity index (χ4n) is 2.80. The monoisotopic (exact) mass is 409 g/mol. The van der Waals surface area contributed by atoms with Crippen LogP contribution in [0, 0.1) is 12.7 Å². The van der Waals surface area contributed by atoms with Gasteiger partial charge in [-0.25, -0.2) is 24.7 Å². The minimum Gasteiger partial charge on any atom is -0.322 e. The SMILES string of the molecule is CC.Cc1nc2cc(F)ccc2n1Cc1ccc(C2=NC(C(F)(F)F)ON2)cn1. The third kappa shape index (κ3) is 4.37. The van der Waals surface area contributed by atoms with E-state index in [-0.39, 0.29) is 11.7 Å². The van der Waals surface area contributed by atoms with Crippen molar-refractivity contribution in [3.8, 4) is 0 Å². The highest BCUT2D eigenvalue weighted by Gasteiger charge is 2.44. The molecule has 154 valence electrons. The van der Waals surface area contributed by atoms with Crippen LogP contribution in [-0.4, -0.2) is 32.8 Å². The molecule has 0 spiro atoms. The third-order valence-corrected chi connectivity index (χ3v) is 4.11. The van der Waals surface area contributed by atoms with Crippen molar-refractivity contribution in [1.29, 1.82) is 0 Å². The summed E-state index contributed by atoms with van der Waals surface area (Å²) in [6.07, 6.45) is -5.40. The molecule has 1 aliphatic rings. The third-order valence-electron chi connectivity index (χ3n) is 4.11. The lowest BCUT2D eigenvalue weighted by molar-refractivity contribution is -0.220. The van der Waals surface area contributed by atoms with Crippen LogP contribution in [0.1, 0.15) is 30.9 Å². The second-order valence-corrected chi connectivity index (χ2v) is 6.01. The lowest BCUT2D eigenvalue weighted by Gasteiger charge is -2.08. The van der Waals surface area contributed by atoms with Crippen LogP contribution < -0.4 is 5.48 Å². The Morgan fingerprint density at radius 2 is 1.93 bits per heavy atom. The van der Waals surface area contributed by atoms with Gasteiger partial charge in [-0.05, 0) is 31.2 Å². The Balaban J connectivity index is 0.00000117. The van der Waals surface area contributed by atoms with E-state index in [1.165, 1.54) is 18.3 Å². The Labute approximate surface area is 164 Å². The van der Waals surface area contributed by atoms with Gasteiger partial charge >= 0.3 is 6.18 Å². The molecule has 1 aliphatic heterocycles. The maximum atomic E-state index is 13.3. The molecule has 0 saturated carbocycles. The number of alkyl halides is 3. The lowest BCUT2D eigenvalue weighted by atomic mass is 10.2. The number of pyridine rings is 1. The van der Waals surface area contributed by atoms with Gasteiger partial charge in [-0.1, -0.05) is 13.8 Å². The number of hydrogen-bond acceptors (Lipinski definition) is 5. The molecule has 0 bridgehead atoms. The Hall–Kier alpha value is -3.01. The molecule has 2 aromatic heterocycles. The maximum absolute atomic E-state index is 13.3. The number of amidine groups is 1. The Morgan fingerprint density at radius 1 is 1.17 bits per heavy atom. The minimum atomic E-state index is -4.58. The van der Waals surface area contributed by atoms with Gasteiger partial charge in [0.25, 0.3) is 6.23 Å². The Morgan fingerprint density at radius 3 is 2.55 bits per heavy atom. The zero-order chi connectivity index (χ0) is 21.2. The number of halogens is 4. The number of aliphatic imine (C=N–C) groups is 1. The van der Waals surface area contributed by atoms with E-state index < -0.39 is 12.4 Å². The normalized spacial score (nSPS) is 16.2. The summed E-state index contributed by atoms with van der Waals surface area (Å²) < 4.78 is 53.0. The van der Waals surface area contributed by atoms with E-state index in [4.69, 9.17) is 0 Å². The summed E-state index contributed by atoms with van der Waals surface area (Å²) in [5.74, 6) is 0.305. The molecule has 1 N–H and O–H groups in total. The van der Waals surface area contributed by atoms with Gasteiger partial charge in [0.2, 0.25) is 0 Å². The molecule has 0 radical (unpaired) electrons. The maximum Gasteiger partial charge on any atom is 0.437 e. The molecule has 3 heterocycles. The fraction of sp³-hybridized carbons (Fsp3) is 0.316. The number of aryl methyl sites for hydroxylation is 1. The average Bonchev–Trinajstić information content (AvgIpc) is 3.29. The summed E-state index contributed by atoms with van der Waals surface area (Å²) in [5, 5.41) is 0. The van der Waals surface area contributed by atoms with Crippen molar-refractivity contribution >= 4 is 16.9 Å². The highest BCUT2D eigenvalue weighted by molar-refractivity contribution is 5.98. The van der Waals surface area contributed by atoms with E-state index >= 15 is 0 Å². The zero-order valence-electron chi connectivity index (χ0n) is 16.0. The van der Waals surface area contributed by atoms with Gasteiger partial charge in [0.05, 0.1) is 23.3 Å². The standard InChI is InChI=1S/C17H13F4N5O.C2H6/c1-9-23-13-6-11(18)3-5-14(13)26(9)8-12-4-2-10(7-22-12)15-24-16(27-25-15)17(19,20)21;1-2/h2-7,16H,8H2,1H3,(H,24,25);1-2H3. The summed E-state index contributed by atoms with van der Waals surface area (Å²) in [4.78, 5) is 16.5. The van der Waals surface area contributed by atoms with Crippen molar-refractivity contribution in [1.82, 2.24) is 20.0 Å². The molecular formula is C19H19F4N5O. The highest BCUT2D eigenvalue weighted by Crippen LogP contribution is 2.26. The van der Waals surface area contributed by atoms with E-state index in [9.17, 15) is 17.6 Å². The van der Waals surface area contributed by atoms with Gasteiger partial charge < -0.3 is 4.57 Å². The molecule has 4 rings (SSSR count). The van der Waals surface area contributed by atoms with Crippen LogP contribution in [0.2, 0.25) is 0 Å². The van der Waals surface area contributed by atoms with E-state index in [1.54, 1.807) is 25.1 Å². The number of rotatable bonds is 3. The second kappa shape index (κ2) is 8.16. The van der Waals surface area contributed by atoms with Gasteiger partial charge in [-0.3, -0.25) is 4.98 Å². The number of fused-ring (bicyclic) bond motifs is 1. The van der Waals surface area contributed by atoms with Crippen LogP contribution in [0.25, 0.3) is 11.0 Å². The van der Waals surface area contributed by atoms with E-state index in [0.29, 0.717) is 29.1 Å². The zero-order valence-corrected chi connectivity index (χ0v) is 16.0. The van der Waals surface area contributed by atoms with E-state index in [0.717, 1.165) is 5.52 Å². The fourth-order valence-corrected chi connectivity index (χ4v) is 2.80. The minimum absolute atomic E-state index is 0.0314. The number of nitrogens with zero attached hydrogens (tertiary/aromatic N) is 4. The largest absolute Gasteiger partial charge is 0.437 e. The van der Waals surface area contributed by atoms with Crippen LogP contribution in [0.15, 0.2) is 41.5 Å². The van der Waals surface area contributed by atoms with Crippen molar-refractivity contribution in [2.75, 3.05) is 0 Å². The number of hydroxylamine groups is 1. The number of imidazole rings is 1. The van der Waals surface area contributed by atoms with Crippen LogP contribution in [0.3, 0.4) is 0 Å². The van der Waals surface area contributed by atoms with Crippen LogP contribution in [0.4, 0.5) is 17.6 Å². The van der Waals surface area contributed by atoms with Gasteiger partial charge in [0, 0.05) is 17.8 Å². The van der Waals surface area contributed by atoms with E-state index in [1.807, 2.05) is 18.4 Å². The molecule has 0 fully saturated rings. The van der Waals surface area contributed by atoms with Gasteiger partial charge in [-0.15, -0.1) is 0 Å². The van der Waals surface area contributed by atoms with Gasteiger partial charge in [0.1, 0.15) is 11.6 Å². The molecule has 6 nitrogen and oxygen atoms in total. The summed E-state index contributed by atoms with van der Waals surface area (Å²) in [5.41, 5.74) is 4.52. The molecule has 0 amide bonds. The predicted octanol–water partition coefficient (Wildman–Crippen LogP) is 4.12. The predicted molar refractivity (Wildman–Crippen MR) is 99.7 cm³/mol. The lowest BCUT2D eigenvalue weighted by Crippen LogP contribution is -2.29. The van der Waals surface area contributed by atoms with Crippen molar-refractivity contribution in [2.45, 2.75) is 39.7 Å². The second-order valence-electron chi connectivity index (χ2n) is 6.01. The first kappa shape index (κ1) is 20.7. The Kier molecular flexibility index (Phi) is 5.83. The summed E-state index contributed by atoms with van der Waals surface area (Å²) in [6, 6.07) is 7.64.